The zero-order valence-corrected chi connectivity index (χ0v) is 15.8. The van der Waals surface area contributed by atoms with Crippen LogP contribution in [0.3, 0.4) is 0 Å². The number of rotatable bonds is 5. The zero-order valence-electron chi connectivity index (χ0n) is 15.0. The molecular weight excluding hydrogens is 344 g/mol. The standard InChI is InChI=1S/C21H22N2O2S/c1-3-25-18-9-5-4-7-16(18)12-22-21(24)17-11-15-8-6-10-19-20(15)23(17)13-14(2)26-19/h4-11,14H,3,12-13H2,1-2H3,(H,22,24)/t14-/m1/s1. The lowest BCUT2D eigenvalue weighted by Gasteiger charge is -2.22. The fourth-order valence-corrected chi connectivity index (χ4v) is 4.64. The summed E-state index contributed by atoms with van der Waals surface area (Å²) >= 11 is 1.88. The zero-order chi connectivity index (χ0) is 18.1. The van der Waals surface area contributed by atoms with Crippen molar-refractivity contribution in [2.24, 2.45) is 0 Å². The van der Waals surface area contributed by atoms with E-state index < -0.39 is 0 Å². The van der Waals surface area contributed by atoms with Crippen molar-refractivity contribution in [3.8, 4) is 5.75 Å². The molecule has 2 aromatic carbocycles. The largest absolute Gasteiger partial charge is 0.494 e. The van der Waals surface area contributed by atoms with E-state index in [-0.39, 0.29) is 5.91 Å². The summed E-state index contributed by atoms with van der Waals surface area (Å²) in [6, 6.07) is 16.1. The molecule has 3 aromatic rings. The fourth-order valence-electron chi connectivity index (χ4n) is 3.49. The third-order valence-corrected chi connectivity index (χ3v) is 5.73. The first kappa shape index (κ1) is 17.0. The predicted molar refractivity (Wildman–Crippen MR) is 106 cm³/mol. The van der Waals surface area contributed by atoms with Crippen LogP contribution in [0.4, 0.5) is 0 Å². The SMILES string of the molecule is CCOc1ccccc1CNC(=O)c1cc2cccc3c2n1C[C@@H](C)S3. The molecule has 5 heteroatoms. The fraction of sp³-hybridized carbons (Fsp3) is 0.286. The molecule has 1 atom stereocenters. The summed E-state index contributed by atoms with van der Waals surface area (Å²) in [5.41, 5.74) is 2.89. The van der Waals surface area contributed by atoms with Crippen LogP contribution in [0, 0.1) is 0 Å². The maximum atomic E-state index is 12.9. The molecule has 0 spiro atoms. The van der Waals surface area contributed by atoms with Crippen molar-refractivity contribution in [3.63, 3.8) is 0 Å². The van der Waals surface area contributed by atoms with Gasteiger partial charge in [0.2, 0.25) is 0 Å². The van der Waals surface area contributed by atoms with Gasteiger partial charge in [-0.15, -0.1) is 11.8 Å². The summed E-state index contributed by atoms with van der Waals surface area (Å²) in [7, 11) is 0. The molecule has 0 fully saturated rings. The van der Waals surface area contributed by atoms with Gasteiger partial charge in [0.1, 0.15) is 11.4 Å². The Morgan fingerprint density at radius 2 is 2.12 bits per heavy atom. The van der Waals surface area contributed by atoms with Crippen LogP contribution in [0.5, 0.6) is 5.75 Å². The molecule has 2 heterocycles. The van der Waals surface area contributed by atoms with Crippen LogP contribution in [0.25, 0.3) is 10.9 Å². The van der Waals surface area contributed by atoms with E-state index in [1.807, 2.05) is 49.0 Å². The van der Waals surface area contributed by atoms with Gasteiger partial charge < -0.3 is 14.6 Å². The average molecular weight is 366 g/mol. The summed E-state index contributed by atoms with van der Waals surface area (Å²) in [5.74, 6) is 0.779. The van der Waals surface area contributed by atoms with Crippen LogP contribution in [-0.4, -0.2) is 22.3 Å². The molecule has 0 aliphatic carbocycles. The van der Waals surface area contributed by atoms with Crippen LogP contribution >= 0.6 is 11.8 Å². The van der Waals surface area contributed by atoms with Crippen molar-refractivity contribution in [1.29, 1.82) is 0 Å². The number of hydrogen-bond donors (Lipinski definition) is 1. The smallest absolute Gasteiger partial charge is 0.268 e. The Morgan fingerprint density at radius 3 is 2.96 bits per heavy atom. The lowest BCUT2D eigenvalue weighted by molar-refractivity contribution is 0.0941. The summed E-state index contributed by atoms with van der Waals surface area (Å²) in [4.78, 5) is 14.2. The number of carbonyl (C=O) groups excluding carboxylic acids is 1. The minimum Gasteiger partial charge on any atom is -0.494 e. The molecular formula is C21H22N2O2S. The number of hydrogen-bond acceptors (Lipinski definition) is 3. The van der Waals surface area contributed by atoms with Crippen LogP contribution in [0.15, 0.2) is 53.4 Å². The lowest BCUT2D eigenvalue weighted by Crippen LogP contribution is -2.27. The number of ether oxygens (including phenoxy) is 1. The van der Waals surface area contributed by atoms with E-state index in [0.717, 1.165) is 28.9 Å². The van der Waals surface area contributed by atoms with Gasteiger partial charge in [-0.05, 0) is 25.1 Å². The second-order valence-corrected chi connectivity index (χ2v) is 7.97. The normalized spacial score (nSPS) is 15.8. The quantitative estimate of drug-likeness (QED) is 0.725. The van der Waals surface area contributed by atoms with Gasteiger partial charge in [0.25, 0.3) is 5.91 Å². The first-order valence-corrected chi connectivity index (χ1v) is 9.83. The Bertz CT molecular complexity index is 964. The van der Waals surface area contributed by atoms with E-state index in [2.05, 4.69) is 35.0 Å². The Balaban J connectivity index is 1.60. The Labute approximate surface area is 157 Å². The second kappa shape index (κ2) is 7.08. The third kappa shape index (κ3) is 3.07. The molecule has 0 bridgehead atoms. The van der Waals surface area contributed by atoms with Crippen LogP contribution in [-0.2, 0) is 13.1 Å². The second-order valence-electron chi connectivity index (χ2n) is 6.49. The average Bonchev–Trinajstić information content (AvgIpc) is 3.01. The van der Waals surface area contributed by atoms with Crippen LogP contribution in [0.1, 0.15) is 29.9 Å². The minimum absolute atomic E-state index is 0.0439. The highest BCUT2D eigenvalue weighted by Gasteiger charge is 2.24. The number of benzene rings is 2. The van der Waals surface area contributed by atoms with Gasteiger partial charge in [-0.25, -0.2) is 0 Å². The number of para-hydroxylation sites is 2. The summed E-state index contributed by atoms with van der Waals surface area (Å²) < 4.78 is 7.81. The highest BCUT2D eigenvalue weighted by Crippen LogP contribution is 2.38. The molecule has 4 rings (SSSR count). The molecule has 0 radical (unpaired) electrons. The van der Waals surface area contributed by atoms with Crippen molar-refractivity contribution < 1.29 is 9.53 Å². The molecule has 1 aromatic heterocycles. The van der Waals surface area contributed by atoms with Crippen molar-refractivity contribution in [2.45, 2.75) is 37.1 Å². The minimum atomic E-state index is -0.0439. The summed E-state index contributed by atoms with van der Waals surface area (Å²) in [5, 5.41) is 4.64. The molecule has 134 valence electrons. The molecule has 0 saturated heterocycles. The number of aromatic nitrogens is 1. The van der Waals surface area contributed by atoms with Crippen molar-refractivity contribution >= 4 is 28.6 Å². The van der Waals surface area contributed by atoms with Crippen molar-refractivity contribution in [1.82, 2.24) is 9.88 Å². The molecule has 1 N–H and O–H groups in total. The van der Waals surface area contributed by atoms with Gasteiger partial charge in [-0.2, -0.15) is 0 Å². The van der Waals surface area contributed by atoms with Crippen LogP contribution < -0.4 is 10.1 Å². The maximum absolute atomic E-state index is 12.9. The van der Waals surface area contributed by atoms with E-state index >= 15 is 0 Å². The summed E-state index contributed by atoms with van der Waals surface area (Å²) in [6.07, 6.45) is 0. The van der Waals surface area contributed by atoms with E-state index in [4.69, 9.17) is 4.74 Å². The molecule has 0 saturated carbocycles. The third-order valence-electron chi connectivity index (χ3n) is 4.60. The highest BCUT2D eigenvalue weighted by molar-refractivity contribution is 8.00. The predicted octanol–water partition coefficient (Wildman–Crippen LogP) is 4.46. The van der Waals surface area contributed by atoms with Gasteiger partial charge in [0.15, 0.2) is 0 Å². The molecule has 0 unspecified atom stereocenters. The highest BCUT2D eigenvalue weighted by atomic mass is 32.2. The lowest BCUT2D eigenvalue weighted by atomic mass is 10.2. The van der Waals surface area contributed by atoms with Crippen molar-refractivity contribution in [3.05, 3.63) is 59.8 Å². The topological polar surface area (TPSA) is 43.3 Å². The van der Waals surface area contributed by atoms with E-state index in [1.165, 1.54) is 10.4 Å². The Hall–Kier alpha value is -2.40. The number of thioether (sulfide) groups is 1. The molecule has 4 nitrogen and oxygen atoms in total. The first-order valence-electron chi connectivity index (χ1n) is 8.95. The molecule has 26 heavy (non-hydrogen) atoms. The summed E-state index contributed by atoms with van der Waals surface area (Å²) in [6.45, 7) is 6.07. The monoisotopic (exact) mass is 366 g/mol. The van der Waals surface area contributed by atoms with Gasteiger partial charge in [-0.1, -0.05) is 37.3 Å². The van der Waals surface area contributed by atoms with Gasteiger partial charge in [-0.3, -0.25) is 4.79 Å². The molecule has 1 amide bonds. The van der Waals surface area contributed by atoms with E-state index in [0.29, 0.717) is 18.4 Å². The number of amides is 1. The van der Waals surface area contributed by atoms with E-state index in [1.54, 1.807) is 0 Å². The number of nitrogens with one attached hydrogen (secondary N) is 1. The maximum Gasteiger partial charge on any atom is 0.268 e. The van der Waals surface area contributed by atoms with E-state index in [9.17, 15) is 4.79 Å². The van der Waals surface area contributed by atoms with Gasteiger partial charge in [0, 0.05) is 34.2 Å². The number of carbonyl (C=O) groups is 1. The van der Waals surface area contributed by atoms with Gasteiger partial charge >= 0.3 is 0 Å². The first-order chi connectivity index (χ1) is 12.7. The van der Waals surface area contributed by atoms with Crippen LogP contribution in [0.2, 0.25) is 0 Å². The van der Waals surface area contributed by atoms with Gasteiger partial charge in [0.05, 0.1) is 12.1 Å². The molecule has 1 aliphatic rings. The van der Waals surface area contributed by atoms with Crippen molar-refractivity contribution in [2.75, 3.05) is 6.61 Å². The number of nitrogens with zero attached hydrogens (tertiary/aromatic N) is 1. The Kier molecular flexibility index (Phi) is 4.64. The Morgan fingerprint density at radius 1 is 1.27 bits per heavy atom. The molecule has 1 aliphatic heterocycles.